The zero-order chi connectivity index (χ0) is 10.1. The van der Waals surface area contributed by atoms with Gasteiger partial charge in [-0.3, -0.25) is 0 Å². The van der Waals surface area contributed by atoms with E-state index in [1.807, 2.05) is 22.8 Å². The summed E-state index contributed by atoms with van der Waals surface area (Å²) in [6.07, 6.45) is 6.80. The van der Waals surface area contributed by atoms with Gasteiger partial charge in [-0.1, -0.05) is 0 Å². The molecule has 1 aromatic heterocycles. The van der Waals surface area contributed by atoms with Gasteiger partial charge >= 0.3 is 0 Å². The Morgan fingerprint density at radius 2 is 2.53 bits per heavy atom. The van der Waals surface area contributed by atoms with Gasteiger partial charge < -0.3 is 4.74 Å². The van der Waals surface area contributed by atoms with Crippen LogP contribution in [-0.4, -0.2) is 38.5 Å². The standard InChI is InChI=1S/C10H15N3OS/c1-3-14-10(2-4-15-6-10)5-9(1)13-8-11-7-12-13/h7-9H,1-6H2. The lowest BCUT2D eigenvalue weighted by Crippen LogP contribution is -2.40. The van der Waals surface area contributed by atoms with Crippen molar-refractivity contribution in [2.24, 2.45) is 0 Å². The molecule has 0 aromatic carbocycles. The van der Waals surface area contributed by atoms with Gasteiger partial charge in [0.1, 0.15) is 12.7 Å². The Bertz CT molecular complexity index is 321. The largest absolute Gasteiger partial charge is 0.374 e. The van der Waals surface area contributed by atoms with Crippen LogP contribution >= 0.6 is 11.8 Å². The van der Waals surface area contributed by atoms with Crippen LogP contribution < -0.4 is 0 Å². The van der Waals surface area contributed by atoms with Gasteiger partial charge in [0.25, 0.3) is 0 Å². The highest BCUT2D eigenvalue weighted by molar-refractivity contribution is 7.99. The normalized spacial score (nSPS) is 36.1. The van der Waals surface area contributed by atoms with E-state index in [0.717, 1.165) is 25.2 Å². The molecule has 0 radical (unpaired) electrons. The Labute approximate surface area is 93.4 Å². The van der Waals surface area contributed by atoms with Crippen LogP contribution in [-0.2, 0) is 4.74 Å². The van der Waals surface area contributed by atoms with Gasteiger partial charge in [-0.15, -0.1) is 0 Å². The third-order valence-corrected chi connectivity index (χ3v) is 4.57. The Balaban J connectivity index is 1.76. The van der Waals surface area contributed by atoms with E-state index in [2.05, 4.69) is 10.1 Å². The molecular formula is C10H15N3OS. The number of nitrogens with zero attached hydrogens (tertiary/aromatic N) is 3. The van der Waals surface area contributed by atoms with Crippen LogP contribution in [0.15, 0.2) is 12.7 Å². The van der Waals surface area contributed by atoms with Crippen LogP contribution in [0.1, 0.15) is 25.3 Å². The summed E-state index contributed by atoms with van der Waals surface area (Å²) in [7, 11) is 0. The molecule has 3 heterocycles. The van der Waals surface area contributed by atoms with Gasteiger partial charge in [-0.05, 0) is 25.0 Å². The summed E-state index contributed by atoms with van der Waals surface area (Å²) in [6.45, 7) is 0.866. The van der Waals surface area contributed by atoms with Gasteiger partial charge in [0.15, 0.2) is 0 Å². The molecular weight excluding hydrogens is 210 g/mol. The minimum Gasteiger partial charge on any atom is -0.374 e. The third-order valence-electron chi connectivity index (χ3n) is 3.34. The Kier molecular flexibility index (Phi) is 2.44. The molecule has 0 bridgehead atoms. The number of rotatable bonds is 1. The first kappa shape index (κ1) is 9.66. The quantitative estimate of drug-likeness (QED) is 0.726. The van der Waals surface area contributed by atoms with Crippen molar-refractivity contribution in [1.29, 1.82) is 0 Å². The molecule has 2 fully saturated rings. The lowest BCUT2D eigenvalue weighted by Gasteiger charge is -2.37. The summed E-state index contributed by atoms with van der Waals surface area (Å²) in [5, 5.41) is 4.24. The topological polar surface area (TPSA) is 39.9 Å². The third kappa shape index (κ3) is 1.78. The molecule has 0 aliphatic carbocycles. The Morgan fingerprint density at radius 1 is 1.53 bits per heavy atom. The molecule has 2 aliphatic heterocycles. The molecule has 0 saturated carbocycles. The second kappa shape index (κ2) is 3.79. The summed E-state index contributed by atoms with van der Waals surface area (Å²) < 4.78 is 7.97. The summed E-state index contributed by atoms with van der Waals surface area (Å²) in [5.74, 6) is 2.39. The fourth-order valence-electron chi connectivity index (χ4n) is 2.50. The van der Waals surface area contributed by atoms with Crippen molar-refractivity contribution in [3.8, 4) is 0 Å². The first-order valence-electron chi connectivity index (χ1n) is 5.44. The second-order valence-electron chi connectivity index (χ2n) is 4.36. The van der Waals surface area contributed by atoms with Crippen molar-refractivity contribution in [1.82, 2.24) is 14.8 Å². The van der Waals surface area contributed by atoms with Gasteiger partial charge in [-0.25, -0.2) is 9.67 Å². The van der Waals surface area contributed by atoms with Crippen molar-refractivity contribution in [3.63, 3.8) is 0 Å². The predicted octanol–water partition coefficient (Wildman–Crippen LogP) is 1.51. The maximum absolute atomic E-state index is 5.97. The summed E-state index contributed by atoms with van der Waals surface area (Å²) in [5.41, 5.74) is 0.138. The molecule has 4 nitrogen and oxygen atoms in total. The number of hydrogen-bond donors (Lipinski definition) is 0. The molecule has 82 valence electrons. The molecule has 2 atom stereocenters. The van der Waals surface area contributed by atoms with Gasteiger partial charge in [0, 0.05) is 12.4 Å². The van der Waals surface area contributed by atoms with E-state index < -0.39 is 0 Å². The van der Waals surface area contributed by atoms with Crippen LogP contribution in [0.25, 0.3) is 0 Å². The number of aromatic nitrogens is 3. The van der Waals surface area contributed by atoms with Crippen molar-refractivity contribution in [3.05, 3.63) is 12.7 Å². The van der Waals surface area contributed by atoms with Crippen LogP contribution in [0.4, 0.5) is 0 Å². The first-order chi connectivity index (χ1) is 7.38. The molecule has 2 unspecified atom stereocenters. The molecule has 1 spiro atoms. The van der Waals surface area contributed by atoms with Crippen LogP contribution in [0, 0.1) is 0 Å². The second-order valence-corrected chi connectivity index (χ2v) is 5.46. The van der Waals surface area contributed by atoms with Crippen LogP contribution in [0.5, 0.6) is 0 Å². The average Bonchev–Trinajstić information content (AvgIpc) is 2.89. The molecule has 5 heteroatoms. The highest BCUT2D eigenvalue weighted by Gasteiger charge is 2.41. The zero-order valence-electron chi connectivity index (χ0n) is 8.63. The fourth-order valence-corrected chi connectivity index (χ4v) is 3.88. The summed E-state index contributed by atoms with van der Waals surface area (Å²) >= 11 is 2.01. The van der Waals surface area contributed by atoms with E-state index in [1.54, 1.807) is 6.33 Å². The zero-order valence-corrected chi connectivity index (χ0v) is 9.45. The number of ether oxygens (including phenoxy) is 1. The lowest BCUT2D eigenvalue weighted by atomic mass is 9.90. The van der Waals surface area contributed by atoms with E-state index in [1.165, 1.54) is 12.2 Å². The molecule has 3 rings (SSSR count). The van der Waals surface area contributed by atoms with Gasteiger partial charge in [0.05, 0.1) is 11.6 Å². The average molecular weight is 225 g/mol. The molecule has 15 heavy (non-hydrogen) atoms. The smallest absolute Gasteiger partial charge is 0.137 e. The van der Waals surface area contributed by atoms with Gasteiger partial charge in [-0.2, -0.15) is 16.9 Å². The first-order valence-corrected chi connectivity index (χ1v) is 6.59. The maximum Gasteiger partial charge on any atom is 0.137 e. The SMILES string of the molecule is c1ncn(C2CCOC3(CCSC3)C2)n1. The van der Waals surface area contributed by atoms with Crippen LogP contribution in [0.3, 0.4) is 0 Å². The van der Waals surface area contributed by atoms with E-state index >= 15 is 0 Å². The van der Waals surface area contributed by atoms with E-state index in [9.17, 15) is 0 Å². The Morgan fingerprint density at radius 3 is 3.27 bits per heavy atom. The van der Waals surface area contributed by atoms with E-state index in [-0.39, 0.29) is 5.60 Å². The van der Waals surface area contributed by atoms with Crippen molar-refractivity contribution >= 4 is 11.8 Å². The van der Waals surface area contributed by atoms with Crippen molar-refractivity contribution in [2.75, 3.05) is 18.1 Å². The number of thioether (sulfide) groups is 1. The maximum atomic E-state index is 5.97. The Hall–Kier alpha value is -0.550. The summed E-state index contributed by atoms with van der Waals surface area (Å²) in [4.78, 5) is 4.02. The predicted molar refractivity (Wildman–Crippen MR) is 58.9 cm³/mol. The monoisotopic (exact) mass is 225 g/mol. The number of hydrogen-bond acceptors (Lipinski definition) is 4. The molecule has 2 saturated heterocycles. The van der Waals surface area contributed by atoms with Crippen molar-refractivity contribution in [2.45, 2.75) is 30.9 Å². The van der Waals surface area contributed by atoms with Crippen molar-refractivity contribution < 1.29 is 4.74 Å². The lowest BCUT2D eigenvalue weighted by molar-refractivity contribution is -0.0778. The van der Waals surface area contributed by atoms with Crippen LogP contribution in [0.2, 0.25) is 0 Å². The minimum absolute atomic E-state index is 0.138. The molecule has 1 aromatic rings. The molecule has 0 N–H and O–H groups in total. The fraction of sp³-hybridized carbons (Fsp3) is 0.800. The van der Waals surface area contributed by atoms with E-state index in [0.29, 0.717) is 6.04 Å². The van der Waals surface area contributed by atoms with Gasteiger partial charge in [0.2, 0.25) is 0 Å². The highest BCUT2D eigenvalue weighted by atomic mass is 32.2. The summed E-state index contributed by atoms with van der Waals surface area (Å²) in [6, 6.07) is 0.486. The minimum atomic E-state index is 0.138. The molecule has 2 aliphatic rings. The van der Waals surface area contributed by atoms with E-state index in [4.69, 9.17) is 4.74 Å². The molecule has 0 amide bonds. The highest BCUT2D eigenvalue weighted by Crippen LogP contribution is 2.41.